The van der Waals surface area contributed by atoms with Crippen LogP contribution in [0.5, 0.6) is 0 Å². The number of rotatable bonds is 83. The molecule has 0 heterocycles. The maximum atomic E-state index is 13.1. The van der Waals surface area contributed by atoms with Gasteiger partial charge in [-0.3, -0.25) is 37.3 Å². The number of phosphoric ester groups is 2. The molecule has 0 aliphatic heterocycles. The third kappa shape index (κ3) is 79.9. The first-order valence-corrected chi connectivity index (χ1v) is 47.2. The smallest absolute Gasteiger partial charge is 0.462 e. The highest BCUT2D eigenvalue weighted by atomic mass is 31.2. The predicted octanol–water partition coefficient (Wildman–Crippen LogP) is 25.9. The zero-order valence-electron chi connectivity index (χ0n) is 69.4. The van der Waals surface area contributed by atoms with Gasteiger partial charge in [-0.1, -0.05) is 396 Å². The Hall–Kier alpha value is -1.94. The number of carbonyl (C=O) groups excluding carboxylic acids is 4. The number of carbonyl (C=O) groups is 4. The van der Waals surface area contributed by atoms with Gasteiger partial charge < -0.3 is 33.8 Å². The van der Waals surface area contributed by atoms with Crippen molar-refractivity contribution >= 4 is 39.5 Å². The number of aliphatic hydroxyl groups is 1. The van der Waals surface area contributed by atoms with Crippen LogP contribution in [-0.2, 0) is 65.4 Å². The van der Waals surface area contributed by atoms with Gasteiger partial charge in [0, 0.05) is 25.7 Å². The van der Waals surface area contributed by atoms with Crippen molar-refractivity contribution in [3.63, 3.8) is 0 Å². The average Bonchev–Trinajstić information content (AvgIpc) is 0.903. The maximum Gasteiger partial charge on any atom is 0.472 e. The summed E-state index contributed by atoms with van der Waals surface area (Å²) in [5, 5.41) is 10.7. The van der Waals surface area contributed by atoms with Gasteiger partial charge in [-0.05, 0) is 49.4 Å². The van der Waals surface area contributed by atoms with E-state index in [4.69, 9.17) is 37.0 Å². The Morgan fingerprint density at radius 1 is 0.238 bits per heavy atom. The summed E-state index contributed by atoms with van der Waals surface area (Å²) in [6.45, 7) is 14.3. The van der Waals surface area contributed by atoms with E-state index < -0.39 is 97.5 Å². The summed E-state index contributed by atoms with van der Waals surface area (Å²) in [4.78, 5) is 73.2. The first-order valence-electron chi connectivity index (χ1n) is 44.2. The average molecular weight is 1540 g/mol. The van der Waals surface area contributed by atoms with Crippen molar-refractivity contribution in [2.45, 2.75) is 465 Å². The summed E-state index contributed by atoms with van der Waals surface area (Å²) in [6, 6.07) is 0. The molecule has 0 aliphatic carbocycles. The highest BCUT2D eigenvalue weighted by molar-refractivity contribution is 7.47. The van der Waals surface area contributed by atoms with Crippen molar-refractivity contribution in [3.8, 4) is 0 Å². The van der Waals surface area contributed by atoms with E-state index in [2.05, 4.69) is 55.4 Å². The standard InChI is InChI=1S/C86H168O17P2/c1-76(2)62-54-46-38-30-24-18-12-9-15-21-27-33-42-50-58-66-83(88)96-72-81(102-85(90)68-60-52-44-34-28-22-16-10-13-19-25-31-39-47-55-63-77(3)4)74-100-104(92,93)98-70-80(87)71-99-105(94,95)101-75-82(73-97-84(89)67-59-51-43-37-36-41-49-57-65-79(7)8)103-86(91)69-61-53-45-35-29-23-17-11-14-20-26-32-40-48-56-64-78(5)6/h76-82,87H,9-75H2,1-8H3,(H,92,93)(H,94,95)/t80-,81-,82-/m1/s1. The van der Waals surface area contributed by atoms with Gasteiger partial charge in [0.15, 0.2) is 12.2 Å². The molecular weight excluding hydrogens is 1370 g/mol. The second kappa shape index (κ2) is 74.8. The van der Waals surface area contributed by atoms with Crippen LogP contribution in [-0.4, -0.2) is 96.7 Å². The van der Waals surface area contributed by atoms with Crippen molar-refractivity contribution in [2.24, 2.45) is 23.7 Å². The lowest BCUT2D eigenvalue weighted by molar-refractivity contribution is -0.161. The molecule has 0 radical (unpaired) electrons. The fraction of sp³-hybridized carbons (Fsp3) is 0.953. The van der Waals surface area contributed by atoms with E-state index in [0.717, 1.165) is 114 Å². The third-order valence-electron chi connectivity index (χ3n) is 20.1. The molecule has 2 unspecified atom stereocenters. The molecule has 17 nitrogen and oxygen atoms in total. The summed E-state index contributed by atoms with van der Waals surface area (Å²) in [5.74, 6) is 1.03. The van der Waals surface area contributed by atoms with Crippen LogP contribution >= 0.6 is 15.6 Å². The number of hydrogen-bond acceptors (Lipinski definition) is 15. The Bertz CT molecular complexity index is 2040. The molecule has 0 aromatic rings. The molecule has 0 saturated heterocycles. The second-order valence-corrected chi connectivity index (χ2v) is 35.7. The molecule has 0 aliphatic rings. The van der Waals surface area contributed by atoms with E-state index in [1.807, 2.05) is 0 Å². The zero-order valence-corrected chi connectivity index (χ0v) is 71.2. The summed E-state index contributed by atoms with van der Waals surface area (Å²) in [7, 11) is -9.93. The summed E-state index contributed by atoms with van der Waals surface area (Å²) >= 11 is 0. The van der Waals surface area contributed by atoms with Crippen LogP contribution in [0.2, 0.25) is 0 Å². The molecule has 624 valence electrons. The van der Waals surface area contributed by atoms with Crippen LogP contribution in [0.3, 0.4) is 0 Å². The van der Waals surface area contributed by atoms with Crippen LogP contribution < -0.4 is 0 Å². The lowest BCUT2D eigenvalue weighted by Crippen LogP contribution is -2.30. The second-order valence-electron chi connectivity index (χ2n) is 32.8. The van der Waals surface area contributed by atoms with Crippen LogP contribution in [0.1, 0.15) is 447 Å². The number of esters is 4. The lowest BCUT2D eigenvalue weighted by Gasteiger charge is -2.21. The molecule has 0 rings (SSSR count). The Balaban J connectivity index is 5.25. The number of unbranched alkanes of at least 4 members (excludes halogenated alkanes) is 49. The molecular formula is C86H168O17P2. The van der Waals surface area contributed by atoms with Gasteiger partial charge in [0.25, 0.3) is 0 Å². The number of phosphoric acid groups is 2. The summed E-state index contributed by atoms with van der Waals surface area (Å²) in [6.07, 6.45) is 63.8. The van der Waals surface area contributed by atoms with Crippen LogP contribution in [0.25, 0.3) is 0 Å². The van der Waals surface area contributed by atoms with Crippen molar-refractivity contribution < 1.29 is 80.2 Å². The maximum absolute atomic E-state index is 13.1. The van der Waals surface area contributed by atoms with Gasteiger partial charge in [-0.15, -0.1) is 0 Å². The Kier molecular flexibility index (Phi) is 73.4. The van der Waals surface area contributed by atoms with E-state index >= 15 is 0 Å². The Labute approximate surface area is 645 Å². The van der Waals surface area contributed by atoms with Crippen LogP contribution in [0, 0.1) is 23.7 Å². The molecule has 5 atom stereocenters. The van der Waals surface area contributed by atoms with Crippen molar-refractivity contribution in [3.05, 3.63) is 0 Å². The fourth-order valence-electron chi connectivity index (χ4n) is 13.3. The van der Waals surface area contributed by atoms with Gasteiger partial charge in [0.2, 0.25) is 0 Å². The normalized spacial score (nSPS) is 13.9. The highest BCUT2D eigenvalue weighted by Crippen LogP contribution is 2.45. The van der Waals surface area contributed by atoms with Gasteiger partial charge in [0.1, 0.15) is 19.3 Å². The first-order chi connectivity index (χ1) is 50.6. The van der Waals surface area contributed by atoms with Crippen molar-refractivity contribution in [1.29, 1.82) is 0 Å². The molecule has 0 saturated carbocycles. The van der Waals surface area contributed by atoms with E-state index in [1.54, 1.807) is 0 Å². The Morgan fingerprint density at radius 3 is 0.590 bits per heavy atom. The lowest BCUT2D eigenvalue weighted by atomic mass is 10.0. The molecule has 3 N–H and O–H groups in total. The quantitative estimate of drug-likeness (QED) is 0.0222. The van der Waals surface area contributed by atoms with Crippen LogP contribution in [0.15, 0.2) is 0 Å². The molecule has 19 heteroatoms. The highest BCUT2D eigenvalue weighted by Gasteiger charge is 2.30. The molecule has 0 aromatic carbocycles. The predicted molar refractivity (Wildman–Crippen MR) is 432 cm³/mol. The SMILES string of the molecule is CC(C)CCCCCCCCCCCCCCCCCC(=O)OC[C@H](COP(=O)(O)OC[C@@H](O)COP(=O)(O)OC[C@@H](COC(=O)CCCCCCCCCCC(C)C)OC(=O)CCCCCCCCCCCCCCCCCC(C)C)OC(=O)CCCCCCCCCCCCCCCCCC(C)C. The van der Waals surface area contributed by atoms with Gasteiger partial charge in [0.05, 0.1) is 26.4 Å². The minimum atomic E-state index is -4.97. The molecule has 0 fully saturated rings. The van der Waals surface area contributed by atoms with E-state index in [1.165, 1.54) is 250 Å². The number of ether oxygens (including phenoxy) is 4. The fourth-order valence-corrected chi connectivity index (χ4v) is 14.9. The van der Waals surface area contributed by atoms with E-state index in [9.17, 15) is 43.2 Å². The minimum absolute atomic E-state index is 0.107. The first kappa shape index (κ1) is 103. The third-order valence-corrected chi connectivity index (χ3v) is 22.0. The number of aliphatic hydroxyl groups excluding tert-OH is 1. The summed E-state index contributed by atoms with van der Waals surface area (Å²) in [5.41, 5.74) is 0. The topological polar surface area (TPSA) is 237 Å². The molecule has 0 spiro atoms. The number of hydrogen-bond donors (Lipinski definition) is 3. The van der Waals surface area contributed by atoms with Gasteiger partial charge in [-0.2, -0.15) is 0 Å². The molecule has 0 aromatic heterocycles. The molecule has 0 bridgehead atoms. The van der Waals surface area contributed by atoms with Crippen molar-refractivity contribution in [2.75, 3.05) is 39.6 Å². The monoisotopic (exact) mass is 1540 g/mol. The molecule has 105 heavy (non-hydrogen) atoms. The van der Waals surface area contributed by atoms with Gasteiger partial charge >= 0.3 is 39.5 Å². The van der Waals surface area contributed by atoms with E-state index in [-0.39, 0.29) is 25.7 Å². The van der Waals surface area contributed by atoms with E-state index in [0.29, 0.717) is 25.7 Å². The van der Waals surface area contributed by atoms with Crippen molar-refractivity contribution in [1.82, 2.24) is 0 Å². The summed E-state index contributed by atoms with van der Waals surface area (Å²) < 4.78 is 68.9. The minimum Gasteiger partial charge on any atom is -0.462 e. The molecule has 0 amide bonds. The van der Waals surface area contributed by atoms with Gasteiger partial charge in [-0.25, -0.2) is 9.13 Å². The largest absolute Gasteiger partial charge is 0.472 e. The Morgan fingerprint density at radius 2 is 0.400 bits per heavy atom. The van der Waals surface area contributed by atoms with Crippen LogP contribution in [0.4, 0.5) is 0 Å². The zero-order chi connectivity index (χ0) is 77.4.